The van der Waals surface area contributed by atoms with Crippen LogP contribution in [0.4, 0.5) is 0 Å². The Hall–Kier alpha value is -2.11. The Balaban J connectivity index is 2.80. The lowest BCUT2D eigenvalue weighted by Gasteiger charge is -2.28. The molecule has 1 aromatic carbocycles. The third-order valence-electron chi connectivity index (χ3n) is 3.48. The quantitative estimate of drug-likeness (QED) is 0.532. The van der Waals surface area contributed by atoms with Gasteiger partial charge in [0.15, 0.2) is 5.79 Å². The number of aliphatic hydroxyl groups is 1. The zero-order valence-electron chi connectivity index (χ0n) is 16.5. The van der Waals surface area contributed by atoms with Crippen LogP contribution in [-0.4, -0.2) is 33.9 Å². The highest BCUT2D eigenvalue weighted by molar-refractivity contribution is 5.72. The molecule has 0 saturated carbocycles. The van der Waals surface area contributed by atoms with E-state index in [2.05, 4.69) is 6.58 Å². The van der Waals surface area contributed by atoms with Gasteiger partial charge in [-0.2, -0.15) is 0 Å². The van der Waals surface area contributed by atoms with Gasteiger partial charge in [-0.05, 0) is 52.0 Å². The first kappa shape index (κ1) is 21.9. The van der Waals surface area contributed by atoms with Crippen molar-refractivity contribution in [2.24, 2.45) is 0 Å². The minimum Gasteiger partial charge on any atom is -0.459 e. The van der Waals surface area contributed by atoms with E-state index in [4.69, 9.17) is 9.47 Å². The van der Waals surface area contributed by atoms with Crippen molar-refractivity contribution >= 4 is 5.97 Å². The molecule has 0 aromatic heterocycles. The zero-order valence-corrected chi connectivity index (χ0v) is 16.5. The van der Waals surface area contributed by atoms with Gasteiger partial charge in [-0.25, -0.2) is 0 Å². The third kappa shape index (κ3) is 8.32. The van der Waals surface area contributed by atoms with E-state index in [1.54, 1.807) is 24.1 Å². The van der Waals surface area contributed by atoms with Crippen LogP contribution in [0.2, 0.25) is 0 Å². The van der Waals surface area contributed by atoms with Crippen molar-refractivity contribution in [3.63, 3.8) is 0 Å². The molecule has 26 heavy (non-hydrogen) atoms. The Kier molecular flexibility index (Phi) is 8.06. The van der Waals surface area contributed by atoms with E-state index >= 15 is 0 Å². The second-order valence-electron chi connectivity index (χ2n) is 7.22. The molecule has 5 heteroatoms. The number of carbonyl (C=O) groups is 1. The largest absolute Gasteiger partial charge is 0.459 e. The molecule has 0 aliphatic rings. The van der Waals surface area contributed by atoms with Gasteiger partial charge in [0.2, 0.25) is 0 Å². The Bertz CT molecular complexity index is 615. The SMILES string of the molecule is C=CN(CC(=O)OC(C)(C)C)/C(=C\C(C)(O)OCc1ccccc1)CC. The molecule has 0 fully saturated rings. The van der Waals surface area contributed by atoms with Crippen LogP contribution in [0.25, 0.3) is 0 Å². The van der Waals surface area contributed by atoms with Crippen molar-refractivity contribution in [1.82, 2.24) is 4.90 Å². The van der Waals surface area contributed by atoms with Crippen LogP contribution in [-0.2, 0) is 20.9 Å². The fraction of sp³-hybridized carbons (Fsp3) is 0.476. The summed E-state index contributed by atoms with van der Waals surface area (Å²) in [7, 11) is 0. The van der Waals surface area contributed by atoms with E-state index < -0.39 is 11.4 Å². The molecular weight excluding hydrogens is 330 g/mol. The average molecular weight is 361 g/mol. The maximum atomic E-state index is 12.1. The van der Waals surface area contributed by atoms with Gasteiger partial charge in [0.05, 0.1) is 6.61 Å². The van der Waals surface area contributed by atoms with Gasteiger partial charge in [0.25, 0.3) is 0 Å². The zero-order chi connectivity index (χ0) is 19.8. The van der Waals surface area contributed by atoms with Crippen molar-refractivity contribution in [3.8, 4) is 0 Å². The smallest absolute Gasteiger partial charge is 0.326 e. The second-order valence-corrected chi connectivity index (χ2v) is 7.22. The summed E-state index contributed by atoms with van der Waals surface area (Å²) in [6, 6.07) is 9.62. The number of nitrogens with zero attached hydrogens (tertiary/aromatic N) is 1. The number of hydrogen-bond donors (Lipinski definition) is 1. The van der Waals surface area contributed by atoms with Crippen molar-refractivity contribution < 1.29 is 19.4 Å². The van der Waals surface area contributed by atoms with Crippen LogP contribution in [0.5, 0.6) is 0 Å². The molecule has 1 atom stereocenters. The van der Waals surface area contributed by atoms with Crippen molar-refractivity contribution in [3.05, 3.63) is 60.4 Å². The van der Waals surface area contributed by atoms with E-state index in [0.717, 1.165) is 11.3 Å². The van der Waals surface area contributed by atoms with Crippen LogP contribution in [0.15, 0.2) is 54.9 Å². The predicted octanol–water partition coefficient (Wildman–Crippen LogP) is 3.99. The minimum absolute atomic E-state index is 0.0230. The summed E-state index contributed by atoms with van der Waals surface area (Å²) in [4.78, 5) is 13.8. The van der Waals surface area contributed by atoms with Gasteiger partial charge >= 0.3 is 5.97 Å². The van der Waals surface area contributed by atoms with Gasteiger partial charge in [0, 0.05) is 5.70 Å². The Labute approximate surface area is 156 Å². The lowest BCUT2D eigenvalue weighted by Crippen LogP contribution is -2.33. The normalized spacial score (nSPS) is 14.5. The monoisotopic (exact) mass is 361 g/mol. The van der Waals surface area contributed by atoms with Crippen molar-refractivity contribution in [1.29, 1.82) is 0 Å². The van der Waals surface area contributed by atoms with Crippen molar-refractivity contribution in [2.75, 3.05) is 6.54 Å². The lowest BCUT2D eigenvalue weighted by atomic mass is 10.2. The first-order valence-electron chi connectivity index (χ1n) is 8.79. The highest BCUT2D eigenvalue weighted by atomic mass is 16.6. The first-order valence-corrected chi connectivity index (χ1v) is 8.79. The van der Waals surface area contributed by atoms with Crippen LogP contribution in [0.1, 0.15) is 46.6 Å². The van der Waals surface area contributed by atoms with Crippen molar-refractivity contribution in [2.45, 2.75) is 59.0 Å². The molecule has 0 aliphatic carbocycles. The summed E-state index contributed by atoms with van der Waals surface area (Å²) in [5.74, 6) is -1.84. The fourth-order valence-electron chi connectivity index (χ4n) is 2.34. The number of esters is 1. The maximum Gasteiger partial charge on any atom is 0.326 e. The molecule has 1 unspecified atom stereocenters. The van der Waals surface area contributed by atoms with E-state index in [9.17, 15) is 9.90 Å². The van der Waals surface area contributed by atoms with Crippen LogP contribution in [0.3, 0.4) is 0 Å². The van der Waals surface area contributed by atoms with Gasteiger partial charge in [0.1, 0.15) is 12.1 Å². The Morgan fingerprint density at radius 2 is 1.85 bits per heavy atom. The number of ether oxygens (including phenoxy) is 2. The molecule has 0 amide bonds. The molecule has 0 bridgehead atoms. The van der Waals surface area contributed by atoms with Gasteiger partial charge in [-0.3, -0.25) is 4.79 Å². The molecule has 1 aromatic rings. The molecular formula is C21H31NO4. The highest BCUT2D eigenvalue weighted by Crippen LogP contribution is 2.19. The maximum absolute atomic E-state index is 12.1. The number of benzene rings is 1. The molecule has 5 nitrogen and oxygen atoms in total. The molecule has 0 radical (unpaired) electrons. The average Bonchev–Trinajstić information content (AvgIpc) is 2.55. The van der Waals surface area contributed by atoms with E-state index in [1.807, 2.05) is 58.0 Å². The topological polar surface area (TPSA) is 59.0 Å². The predicted molar refractivity (Wildman–Crippen MR) is 103 cm³/mol. The molecule has 0 heterocycles. The van der Waals surface area contributed by atoms with Gasteiger partial charge in [-0.1, -0.05) is 43.8 Å². The summed E-state index contributed by atoms with van der Waals surface area (Å²) >= 11 is 0. The Morgan fingerprint density at radius 1 is 1.23 bits per heavy atom. The molecule has 144 valence electrons. The minimum atomic E-state index is -1.48. The first-order chi connectivity index (χ1) is 12.1. The van der Waals surface area contributed by atoms with E-state index in [-0.39, 0.29) is 19.1 Å². The van der Waals surface area contributed by atoms with Crippen LogP contribution in [0, 0.1) is 0 Å². The number of allylic oxidation sites excluding steroid dienone is 1. The molecule has 0 aliphatic heterocycles. The van der Waals surface area contributed by atoms with Crippen LogP contribution < -0.4 is 0 Å². The third-order valence-corrected chi connectivity index (χ3v) is 3.48. The Morgan fingerprint density at radius 3 is 2.35 bits per heavy atom. The number of hydrogen-bond acceptors (Lipinski definition) is 5. The fourth-order valence-corrected chi connectivity index (χ4v) is 2.34. The summed E-state index contributed by atoms with van der Waals surface area (Å²) in [5.41, 5.74) is 1.14. The second kappa shape index (κ2) is 9.55. The molecule has 0 saturated heterocycles. The summed E-state index contributed by atoms with van der Waals surface area (Å²) in [6.07, 6.45) is 3.74. The summed E-state index contributed by atoms with van der Waals surface area (Å²) in [6.45, 7) is 13.0. The summed E-state index contributed by atoms with van der Waals surface area (Å²) < 4.78 is 11.0. The van der Waals surface area contributed by atoms with Gasteiger partial charge in [-0.15, -0.1) is 0 Å². The lowest BCUT2D eigenvalue weighted by molar-refractivity contribution is -0.162. The van der Waals surface area contributed by atoms with E-state index in [1.165, 1.54) is 0 Å². The molecule has 0 spiro atoms. The number of carbonyl (C=O) groups excluding carboxylic acids is 1. The summed E-state index contributed by atoms with van der Waals surface area (Å²) in [5, 5.41) is 10.6. The standard InChI is InChI=1S/C21H31NO4/c1-7-18(22(8-2)15-19(23)26-20(3,4)5)14-21(6,24)25-16-17-12-10-9-11-13-17/h8-14,24H,2,7,15-16H2,1,3-6H3/b18-14-. The van der Waals surface area contributed by atoms with E-state index in [0.29, 0.717) is 6.42 Å². The number of rotatable bonds is 9. The molecule has 1 N–H and O–H groups in total. The van der Waals surface area contributed by atoms with Gasteiger partial charge < -0.3 is 19.5 Å². The highest BCUT2D eigenvalue weighted by Gasteiger charge is 2.23. The van der Waals surface area contributed by atoms with Crippen LogP contribution >= 0.6 is 0 Å². The molecule has 1 rings (SSSR count).